The number of carbonyl (C=O) groups is 2. The van der Waals surface area contributed by atoms with E-state index in [2.05, 4.69) is 5.32 Å². The SMILES string of the molecule is O=C(NC1CCCCC1)C(Cc1ccccc1)N(Cc1ccccc1Cl)C(=O)CN(c1ccccc1)S(=O)(=O)c1ccc(F)cc1. The summed E-state index contributed by atoms with van der Waals surface area (Å²) in [4.78, 5) is 29.9. The molecule has 1 aliphatic rings. The van der Waals surface area contributed by atoms with Gasteiger partial charge in [-0.05, 0) is 66.4 Å². The van der Waals surface area contributed by atoms with E-state index in [-0.39, 0.29) is 35.5 Å². The first-order valence-corrected chi connectivity index (χ1v) is 17.2. The van der Waals surface area contributed by atoms with Gasteiger partial charge < -0.3 is 10.2 Å². The van der Waals surface area contributed by atoms with Gasteiger partial charge in [-0.3, -0.25) is 13.9 Å². The molecule has 1 aliphatic carbocycles. The van der Waals surface area contributed by atoms with Crippen LogP contribution in [-0.4, -0.2) is 43.8 Å². The summed E-state index contributed by atoms with van der Waals surface area (Å²) in [5.41, 5.74) is 1.72. The molecule has 2 amide bonds. The van der Waals surface area contributed by atoms with Gasteiger partial charge in [-0.25, -0.2) is 12.8 Å². The van der Waals surface area contributed by atoms with Crippen molar-refractivity contribution < 1.29 is 22.4 Å². The minimum Gasteiger partial charge on any atom is -0.352 e. The molecule has 5 rings (SSSR count). The van der Waals surface area contributed by atoms with Crippen molar-refractivity contribution in [3.63, 3.8) is 0 Å². The minimum absolute atomic E-state index is 0.00328. The number of carbonyl (C=O) groups excluding carboxylic acids is 2. The largest absolute Gasteiger partial charge is 0.352 e. The van der Waals surface area contributed by atoms with Crippen LogP contribution in [0.3, 0.4) is 0 Å². The fourth-order valence-corrected chi connectivity index (χ4v) is 7.37. The van der Waals surface area contributed by atoms with Crippen molar-refractivity contribution in [1.82, 2.24) is 10.2 Å². The molecule has 1 saturated carbocycles. The number of hydrogen-bond acceptors (Lipinski definition) is 4. The molecule has 10 heteroatoms. The Labute approximate surface area is 275 Å². The van der Waals surface area contributed by atoms with Gasteiger partial charge in [-0.2, -0.15) is 0 Å². The second kappa shape index (κ2) is 15.4. The maximum atomic E-state index is 14.5. The standard InChI is InChI=1S/C36H37ClFN3O4S/c37-33-19-11-10-14-28(33)25-40(34(24-27-12-4-1-5-13-27)36(43)39-30-15-6-2-7-16-30)35(42)26-41(31-17-8-3-9-18-31)46(44,45)32-22-20-29(38)21-23-32/h1,3-5,8-14,17-23,30,34H,2,6-7,15-16,24-26H2,(H,39,43). The van der Waals surface area contributed by atoms with Crippen molar-refractivity contribution in [1.29, 1.82) is 0 Å². The molecule has 0 heterocycles. The van der Waals surface area contributed by atoms with E-state index in [1.165, 1.54) is 17.0 Å². The summed E-state index contributed by atoms with van der Waals surface area (Å²) in [5, 5.41) is 3.61. The fourth-order valence-electron chi connectivity index (χ4n) is 5.77. The van der Waals surface area contributed by atoms with Gasteiger partial charge in [-0.1, -0.05) is 97.6 Å². The number of nitrogens with zero attached hydrogens (tertiary/aromatic N) is 2. The molecular weight excluding hydrogens is 625 g/mol. The van der Waals surface area contributed by atoms with Gasteiger partial charge in [0.05, 0.1) is 10.6 Å². The lowest BCUT2D eigenvalue weighted by molar-refractivity contribution is -0.140. The average Bonchev–Trinajstić information content (AvgIpc) is 3.07. The maximum Gasteiger partial charge on any atom is 0.264 e. The van der Waals surface area contributed by atoms with Gasteiger partial charge in [-0.15, -0.1) is 0 Å². The van der Waals surface area contributed by atoms with Gasteiger partial charge in [0.1, 0.15) is 18.4 Å². The summed E-state index contributed by atoms with van der Waals surface area (Å²) in [6.07, 6.45) is 5.09. The van der Waals surface area contributed by atoms with Gasteiger partial charge in [0.25, 0.3) is 10.0 Å². The summed E-state index contributed by atoms with van der Waals surface area (Å²) in [6.45, 7) is -0.622. The topological polar surface area (TPSA) is 86.8 Å². The van der Waals surface area contributed by atoms with Crippen LogP contribution in [0, 0.1) is 5.82 Å². The number of nitrogens with one attached hydrogen (secondary N) is 1. The molecule has 240 valence electrons. The zero-order valence-electron chi connectivity index (χ0n) is 25.4. The second-order valence-corrected chi connectivity index (χ2v) is 13.7. The van der Waals surface area contributed by atoms with Crippen molar-refractivity contribution in [2.75, 3.05) is 10.8 Å². The number of amides is 2. The molecular formula is C36H37ClFN3O4S. The van der Waals surface area contributed by atoms with Crippen molar-refractivity contribution >= 4 is 39.1 Å². The molecule has 1 fully saturated rings. The summed E-state index contributed by atoms with van der Waals surface area (Å²) in [7, 11) is -4.32. The smallest absolute Gasteiger partial charge is 0.264 e. The van der Waals surface area contributed by atoms with E-state index < -0.39 is 34.3 Å². The highest BCUT2D eigenvalue weighted by Gasteiger charge is 2.35. The Morgan fingerprint density at radius 2 is 1.43 bits per heavy atom. The number of sulfonamides is 1. The quantitative estimate of drug-likeness (QED) is 0.182. The highest BCUT2D eigenvalue weighted by molar-refractivity contribution is 7.92. The highest BCUT2D eigenvalue weighted by Crippen LogP contribution is 2.26. The van der Waals surface area contributed by atoms with E-state index in [0.29, 0.717) is 10.6 Å². The molecule has 1 atom stereocenters. The Hall–Kier alpha value is -4.21. The monoisotopic (exact) mass is 661 g/mol. The van der Waals surface area contributed by atoms with Crippen LogP contribution in [-0.2, 0) is 32.6 Å². The average molecular weight is 662 g/mol. The molecule has 0 aromatic heterocycles. The number of rotatable bonds is 12. The van der Waals surface area contributed by atoms with Gasteiger partial charge >= 0.3 is 0 Å². The Morgan fingerprint density at radius 1 is 0.826 bits per heavy atom. The molecule has 7 nitrogen and oxygen atoms in total. The Bertz CT molecular complexity index is 1720. The van der Waals surface area contributed by atoms with E-state index in [4.69, 9.17) is 11.6 Å². The molecule has 46 heavy (non-hydrogen) atoms. The molecule has 4 aromatic carbocycles. The van der Waals surface area contributed by atoms with Gasteiger partial charge in [0.15, 0.2) is 0 Å². The molecule has 0 saturated heterocycles. The fraction of sp³-hybridized carbons (Fsp3) is 0.278. The van der Waals surface area contributed by atoms with Gasteiger partial charge in [0.2, 0.25) is 11.8 Å². The zero-order valence-corrected chi connectivity index (χ0v) is 27.0. The Morgan fingerprint density at radius 3 is 2.09 bits per heavy atom. The van der Waals surface area contributed by atoms with E-state index >= 15 is 0 Å². The van der Waals surface area contributed by atoms with Crippen molar-refractivity contribution in [3.05, 3.63) is 131 Å². The Balaban J connectivity index is 1.55. The van der Waals surface area contributed by atoms with Crippen molar-refractivity contribution in [3.8, 4) is 0 Å². The van der Waals surface area contributed by atoms with Crippen molar-refractivity contribution in [2.45, 2.75) is 62.0 Å². The predicted octanol–water partition coefficient (Wildman–Crippen LogP) is 6.76. The summed E-state index contributed by atoms with van der Waals surface area (Å²) in [6, 6.07) is 28.3. The van der Waals surface area contributed by atoms with Crippen LogP contribution in [0.2, 0.25) is 5.02 Å². The minimum atomic E-state index is -4.32. The van der Waals surface area contributed by atoms with Gasteiger partial charge in [0, 0.05) is 24.0 Å². The normalized spacial score (nSPS) is 14.3. The third-order valence-electron chi connectivity index (χ3n) is 8.25. The first kappa shape index (κ1) is 33.2. The van der Waals surface area contributed by atoms with E-state index in [0.717, 1.165) is 54.1 Å². The van der Waals surface area contributed by atoms with Crippen molar-refractivity contribution in [2.24, 2.45) is 0 Å². The first-order chi connectivity index (χ1) is 22.2. The lowest BCUT2D eigenvalue weighted by atomic mass is 9.94. The number of halogens is 2. The molecule has 1 N–H and O–H groups in total. The first-order valence-electron chi connectivity index (χ1n) is 15.4. The number of anilines is 1. The summed E-state index contributed by atoms with van der Waals surface area (Å²) < 4.78 is 42.8. The molecule has 0 bridgehead atoms. The lowest BCUT2D eigenvalue weighted by Crippen LogP contribution is -2.55. The van der Waals surface area contributed by atoms with Crippen LogP contribution in [0.15, 0.2) is 114 Å². The number of benzene rings is 4. The lowest BCUT2D eigenvalue weighted by Gasteiger charge is -2.35. The van der Waals surface area contributed by atoms with Crippen LogP contribution >= 0.6 is 11.6 Å². The number of para-hydroxylation sites is 1. The van der Waals surface area contributed by atoms with Crippen LogP contribution in [0.5, 0.6) is 0 Å². The van der Waals surface area contributed by atoms with E-state index in [1.807, 2.05) is 30.3 Å². The van der Waals surface area contributed by atoms with E-state index in [9.17, 15) is 22.4 Å². The summed E-state index contributed by atoms with van der Waals surface area (Å²) in [5.74, 6) is -1.47. The van der Waals surface area contributed by atoms with Crippen LogP contribution in [0.1, 0.15) is 43.2 Å². The number of hydrogen-bond donors (Lipinski definition) is 1. The predicted molar refractivity (Wildman–Crippen MR) is 178 cm³/mol. The molecule has 1 unspecified atom stereocenters. The molecule has 4 aromatic rings. The molecule has 0 spiro atoms. The third-order valence-corrected chi connectivity index (χ3v) is 10.4. The van der Waals surface area contributed by atoms with Crippen LogP contribution in [0.25, 0.3) is 0 Å². The van der Waals surface area contributed by atoms with Crippen LogP contribution in [0.4, 0.5) is 10.1 Å². The highest BCUT2D eigenvalue weighted by atomic mass is 35.5. The van der Waals surface area contributed by atoms with E-state index in [1.54, 1.807) is 54.6 Å². The molecule has 0 radical (unpaired) electrons. The second-order valence-electron chi connectivity index (χ2n) is 11.5. The molecule has 0 aliphatic heterocycles. The third kappa shape index (κ3) is 8.33. The van der Waals surface area contributed by atoms with Crippen LogP contribution < -0.4 is 9.62 Å². The zero-order chi connectivity index (χ0) is 32.5. The summed E-state index contributed by atoms with van der Waals surface area (Å²) >= 11 is 6.56. The Kier molecular flexibility index (Phi) is 11.1. The maximum absolute atomic E-state index is 14.5.